The van der Waals surface area contributed by atoms with Gasteiger partial charge in [0.25, 0.3) is 0 Å². The molecule has 0 spiro atoms. The normalized spacial score (nSPS) is 11.0. The van der Waals surface area contributed by atoms with Gasteiger partial charge < -0.3 is 4.74 Å². The summed E-state index contributed by atoms with van der Waals surface area (Å²) in [5, 5.41) is 0. The molecule has 0 N–H and O–H groups in total. The lowest BCUT2D eigenvalue weighted by atomic mass is 10.0. The van der Waals surface area contributed by atoms with Gasteiger partial charge >= 0.3 is 0 Å². The molecule has 131 valence electrons. The van der Waals surface area contributed by atoms with Gasteiger partial charge in [0.15, 0.2) is 0 Å². The van der Waals surface area contributed by atoms with Crippen molar-refractivity contribution in [3.63, 3.8) is 0 Å². The lowest BCUT2D eigenvalue weighted by Crippen LogP contribution is -1.93. The van der Waals surface area contributed by atoms with E-state index in [1.807, 2.05) is 6.08 Å². The van der Waals surface area contributed by atoms with Gasteiger partial charge in [0.1, 0.15) is 0 Å². The van der Waals surface area contributed by atoms with E-state index in [1.54, 1.807) is 0 Å². The summed E-state index contributed by atoms with van der Waals surface area (Å²) in [7, 11) is 0. The molecule has 1 heteroatoms. The van der Waals surface area contributed by atoms with Crippen LogP contribution in [0.5, 0.6) is 0 Å². The second kappa shape index (κ2) is 20.7. The van der Waals surface area contributed by atoms with Crippen molar-refractivity contribution in [3.8, 4) is 0 Å². The summed E-state index contributed by atoms with van der Waals surface area (Å²) in [5.74, 6) is 0. The van der Waals surface area contributed by atoms with Crippen LogP contribution in [0.25, 0.3) is 0 Å². The molecule has 0 fully saturated rings. The maximum absolute atomic E-state index is 5.38. The Morgan fingerprint density at radius 3 is 1.27 bits per heavy atom. The minimum Gasteiger partial charge on any atom is -0.377 e. The summed E-state index contributed by atoms with van der Waals surface area (Å²) in [6, 6.07) is 0. The smallest absolute Gasteiger partial charge is 0.0644 e. The third-order valence-corrected chi connectivity index (χ3v) is 4.27. The zero-order chi connectivity index (χ0) is 16.1. The molecule has 0 aromatic carbocycles. The highest BCUT2D eigenvalue weighted by Crippen LogP contribution is 2.13. The molecule has 0 heterocycles. The standard InChI is InChI=1S/C21H41O/c1-3-5-6-7-8-9-10-11-12-13-14-15-16-17-18-19-21-22-20-4-2/h4H,1-3,5-21H2. The van der Waals surface area contributed by atoms with Gasteiger partial charge in [-0.3, -0.25) is 0 Å². The first-order valence-electron chi connectivity index (χ1n) is 9.89. The van der Waals surface area contributed by atoms with Crippen molar-refractivity contribution in [2.45, 2.75) is 103 Å². The molecule has 0 saturated heterocycles. The van der Waals surface area contributed by atoms with Crippen LogP contribution in [0.2, 0.25) is 0 Å². The molecule has 1 nitrogen and oxygen atoms in total. The third-order valence-electron chi connectivity index (χ3n) is 4.27. The summed E-state index contributed by atoms with van der Waals surface area (Å²) in [4.78, 5) is 0. The molecule has 0 aliphatic rings. The molecular weight excluding hydrogens is 268 g/mol. The number of unbranched alkanes of at least 4 members (excludes halogenated alkanes) is 15. The van der Waals surface area contributed by atoms with Gasteiger partial charge in [0.2, 0.25) is 0 Å². The third kappa shape index (κ3) is 19.7. The van der Waals surface area contributed by atoms with E-state index < -0.39 is 0 Å². The molecule has 0 rings (SSSR count). The molecule has 1 radical (unpaired) electrons. The van der Waals surface area contributed by atoms with Crippen LogP contribution in [-0.2, 0) is 4.74 Å². The van der Waals surface area contributed by atoms with Gasteiger partial charge in [-0.05, 0) is 6.42 Å². The first kappa shape index (κ1) is 21.7. The number of rotatable bonds is 19. The predicted octanol–water partition coefficient (Wildman–Crippen LogP) is 7.26. The van der Waals surface area contributed by atoms with Crippen molar-refractivity contribution >= 4 is 0 Å². The molecule has 22 heavy (non-hydrogen) atoms. The predicted molar refractivity (Wildman–Crippen MR) is 100 cm³/mol. The second-order valence-corrected chi connectivity index (χ2v) is 6.52. The van der Waals surface area contributed by atoms with Gasteiger partial charge in [0, 0.05) is 6.61 Å². The molecule has 0 unspecified atom stereocenters. The number of ether oxygens (including phenoxy) is 1. The van der Waals surface area contributed by atoms with E-state index in [2.05, 4.69) is 13.5 Å². The van der Waals surface area contributed by atoms with Crippen molar-refractivity contribution in [3.05, 3.63) is 19.6 Å². The second-order valence-electron chi connectivity index (χ2n) is 6.52. The zero-order valence-corrected chi connectivity index (χ0v) is 15.1. The summed E-state index contributed by atoms with van der Waals surface area (Å²) in [6.45, 7) is 9.15. The minimum absolute atomic E-state index is 0.705. The molecule has 0 saturated carbocycles. The SMILES string of the molecule is [CH2]CCCCCCCCCCCCCCCCCOCC=C. The topological polar surface area (TPSA) is 9.23 Å². The summed E-state index contributed by atoms with van der Waals surface area (Å²) in [6.07, 6.45) is 24.0. The fourth-order valence-electron chi connectivity index (χ4n) is 2.85. The quantitative estimate of drug-likeness (QED) is 0.180. The van der Waals surface area contributed by atoms with E-state index in [0.717, 1.165) is 13.0 Å². The average Bonchev–Trinajstić information content (AvgIpc) is 2.54. The first-order valence-corrected chi connectivity index (χ1v) is 9.89. The van der Waals surface area contributed by atoms with Crippen LogP contribution in [0.4, 0.5) is 0 Å². The molecule has 0 bridgehead atoms. The van der Waals surface area contributed by atoms with Gasteiger partial charge in [-0.15, -0.1) is 6.58 Å². The van der Waals surface area contributed by atoms with Crippen LogP contribution in [0.1, 0.15) is 103 Å². The van der Waals surface area contributed by atoms with Gasteiger partial charge in [-0.1, -0.05) is 109 Å². The van der Waals surface area contributed by atoms with Crippen molar-refractivity contribution < 1.29 is 4.74 Å². The van der Waals surface area contributed by atoms with Crippen molar-refractivity contribution in [2.75, 3.05) is 13.2 Å². The van der Waals surface area contributed by atoms with Crippen LogP contribution in [-0.4, -0.2) is 13.2 Å². The van der Waals surface area contributed by atoms with Gasteiger partial charge in [0.05, 0.1) is 6.61 Å². The van der Waals surface area contributed by atoms with Crippen LogP contribution < -0.4 is 0 Å². The highest BCUT2D eigenvalue weighted by Gasteiger charge is 1.94. The van der Waals surface area contributed by atoms with E-state index >= 15 is 0 Å². The molecule has 0 atom stereocenters. The van der Waals surface area contributed by atoms with Gasteiger partial charge in [-0.2, -0.15) is 0 Å². The Morgan fingerprint density at radius 1 is 0.545 bits per heavy atom. The summed E-state index contributed by atoms with van der Waals surface area (Å²) < 4.78 is 5.38. The lowest BCUT2D eigenvalue weighted by Gasteiger charge is -2.04. The van der Waals surface area contributed by atoms with Gasteiger partial charge in [-0.25, -0.2) is 0 Å². The van der Waals surface area contributed by atoms with E-state index in [9.17, 15) is 0 Å². The Hall–Kier alpha value is -0.300. The van der Waals surface area contributed by atoms with Crippen LogP contribution in [0, 0.1) is 6.92 Å². The minimum atomic E-state index is 0.705. The van der Waals surface area contributed by atoms with E-state index in [0.29, 0.717) is 6.61 Å². The number of hydrogen-bond acceptors (Lipinski definition) is 1. The fourth-order valence-corrected chi connectivity index (χ4v) is 2.85. The molecular formula is C21H41O. The van der Waals surface area contributed by atoms with E-state index in [4.69, 9.17) is 4.74 Å². The number of hydrogen-bond donors (Lipinski definition) is 0. The fraction of sp³-hybridized carbons (Fsp3) is 0.857. The molecule has 0 aromatic rings. The summed E-state index contributed by atoms with van der Waals surface area (Å²) in [5.41, 5.74) is 0. The van der Waals surface area contributed by atoms with Crippen molar-refractivity contribution in [2.24, 2.45) is 0 Å². The maximum atomic E-state index is 5.38. The first-order chi connectivity index (χ1) is 10.9. The highest BCUT2D eigenvalue weighted by molar-refractivity contribution is 4.63. The summed E-state index contributed by atoms with van der Waals surface area (Å²) >= 11 is 0. The monoisotopic (exact) mass is 309 g/mol. The molecule has 0 aliphatic carbocycles. The maximum Gasteiger partial charge on any atom is 0.0644 e. The Morgan fingerprint density at radius 2 is 0.909 bits per heavy atom. The Kier molecular flexibility index (Phi) is 20.4. The largest absolute Gasteiger partial charge is 0.377 e. The van der Waals surface area contributed by atoms with Crippen molar-refractivity contribution in [1.29, 1.82) is 0 Å². The van der Waals surface area contributed by atoms with Crippen LogP contribution in [0.15, 0.2) is 12.7 Å². The Labute approximate surface area is 140 Å². The average molecular weight is 310 g/mol. The zero-order valence-electron chi connectivity index (χ0n) is 15.1. The lowest BCUT2D eigenvalue weighted by molar-refractivity contribution is 0.157. The Balaban J connectivity index is 2.92. The highest BCUT2D eigenvalue weighted by atomic mass is 16.5. The van der Waals surface area contributed by atoms with Crippen LogP contribution >= 0.6 is 0 Å². The molecule has 0 aromatic heterocycles. The van der Waals surface area contributed by atoms with Crippen molar-refractivity contribution in [1.82, 2.24) is 0 Å². The van der Waals surface area contributed by atoms with E-state index in [1.165, 1.54) is 96.3 Å². The molecule has 0 aliphatic heterocycles. The van der Waals surface area contributed by atoms with Crippen LogP contribution in [0.3, 0.4) is 0 Å². The Bertz CT molecular complexity index is 200. The molecule has 0 amide bonds. The van der Waals surface area contributed by atoms with E-state index in [-0.39, 0.29) is 0 Å².